The highest BCUT2D eigenvalue weighted by molar-refractivity contribution is 4.88. The number of rotatable bonds is 8. The monoisotopic (exact) mass is 228 g/mol. The van der Waals surface area contributed by atoms with E-state index in [1.165, 1.54) is 0 Å². The highest BCUT2D eigenvalue weighted by Gasteiger charge is 2.10. The van der Waals surface area contributed by atoms with Crippen molar-refractivity contribution in [2.24, 2.45) is 7.05 Å². The number of likely N-dealkylation sites (N-methyl/N-ethyl adjacent to an activating group) is 1. The Morgan fingerprint density at radius 2 is 2.31 bits per heavy atom. The zero-order valence-electron chi connectivity index (χ0n) is 10.1. The average molecular weight is 228 g/mol. The Kier molecular flexibility index (Phi) is 5.99. The first kappa shape index (κ1) is 13.1. The second-order valence-corrected chi connectivity index (χ2v) is 3.56. The minimum Gasteiger partial charge on any atom is -0.382 e. The molecule has 1 rings (SSSR count). The first-order valence-corrected chi connectivity index (χ1v) is 5.34. The fourth-order valence-electron chi connectivity index (χ4n) is 1.34. The number of hydrogen-bond acceptors (Lipinski definition) is 5. The van der Waals surface area contributed by atoms with Crippen LogP contribution in [0, 0.1) is 0 Å². The van der Waals surface area contributed by atoms with Gasteiger partial charge in [0.05, 0.1) is 19.8 Å². The summed E-state index contributed by atoms with van der Waals surface area (Å²) in [7, 11) is 5.47. The van der Waals surface area contributed by atoms with Crippen LogP contribution in [0.4, 0.5) is 0 Å². The zero-order valence-corrected chi connectivity index (χ0v) is 10.1. The first-order chi connectivity index (χ1) is 7.77. The van der Waals surface area contributed by atoms with Gasteiger partial charge in [-0.2, -0.15) is 5.10 Å². The van der Waals surface area contributed by atoms with E-state index in [0.29, 0.717) is 19.8 Å². The van der Waals surface area contributed by atoms with Crippen LogP contribution < -0.4 is 5.32 Å². The van der Waals surface area contributed by atoms with Gasteiger partial charge in [-0.25, -0.2) is 4.98 Å². The standard InChI is InChI=1S/C10H20N4O2/c1-11-9(7-16-5-4-15-3)6-10-12-8-13-14(10)2/h8-9,11H,4-7H2,1-3H3. The third-order valence-corrected chi connectivity index (χ3v) is 2.39. The van der Waals surface area contributed by atoms with E-state index in [0.717, 1.165) is 12.2 Å². The summed E-state index contributed by atoms with van der Waals surface area (Å²) in [6.07, 6.45) is 2.37. The Labute approximate surface area is 96.0 Å². The van der Waals surface area contributed by atoms with E-state index in [9.17, 15) is 0 Å². The SMILES string of the molecule is CNC(COCCOC)Cc1ncnn1C. The summed E-state index contributed by atoms with van der Waals surface area (Å²) in [5.41, 5.74) is 0. The minimum atomic E-state index is 0.250. The van der Waals surface area contributed by atoms with Crippen LogP contribution in [-0.2, 0) is 22.9 Å². The molecule has 6 nitrogen and oxygen atoms in total. The van der Waals surface area contributed by atoms with Gasteiger partial charge in [-0.3, -0.25) is 4.68 Å². The van der Waals surface area contributed by atoms with Crippen molar-refractivity contribution in [3.8, 4) is 0 Å². The van der Waals surface area contributed by atoms with Crippen LogP contribution >= 0.6 is 0 Å². The molecular formula is C10H20N4O2. The molecule has 0 aliphatic carbocycles. The van der Waals surface area contributed by atoms with Gasteiger partial charge in [0, 0.05) is 26.6 Å². The van der Waals surface area contributed by atoms with Crippen molar-refractivity contribution in [2.45, 2.75) is 12.5 Å². The van der Waals surface area contributed by atoms with E-state index < -0.39 is 0 Å². The summed E-state index contributed by atoms with van der Waals surface area (Å²) < 4.78 is 12.2. The summed E-state index contributed by atoms with van der Waals surface area (Å²) >= 11 is 0. The molecule has 6 heteroatoms. The summed E-state index contributed by atoms with van der Waals surface area (Å²) in [6, 6.07) is 0.250. The van der Waals surface area contributed by atoms with E-state index in [1.54, 1.807) is 18.1 Å². The number of aryl methyl sites for hydroxylation is 1. The zero-order chi connectivity index (χ0) is 11.8. The maximum atomic E-state index is 5.47. The fraction of sp³-hybridized carbons (Fsp3) is 0.800. The van der Waals surface area contributed by atoms with Crippen LogP contribution in [-0.4, -0.2) is 54.8 Å². The van der Waals surface area contributed by atoms with Gasteiger partial charge < -0.3 is 14.8 Å². The summed E-state index contributed by atoms with van der Waals surface area (Å²) in [4.78, 5) is 4.18. The molecule has 92 valence electrons. The maximum absolute atomic E-state index is 5.47. The van der Waals surface area contributed by atoms with Crippen molar-refractivity contribution < 1.29 is 9.47 Å². The Morgan fingerprint density at radius 1 is 1.50 bits per heavy atom. The Bertz CT molecular complexity index is 290. The van der Waals surface area contributed by atoms with E-state index >= 15 is 0 Å². The Hall–Kier alpha value is -0.980. The van der Waals surface area contributed by atoms with Crippen LogP contribution in [0.15, 0.2) is 6.33 Å². The molecule has 0 amide bonds. The number of aromatic nitrogens is 3. The van der Waals surface area contributed by atoms with Gasteiger partial charge in [-0.15, -0.1) is 0 Å². The van der Waals surface area contributed by atoms with Gasteiger partial charge in [0.15, 0.2) is 0 Å². The van der Waals surface area contributed by atoms with Crippen LogP contribution in [0.25, 0.3) is 0 Å². The van der Waals surface area contributed by atoms with Gasteiger partial charge in [-0.1, -0.05) is 0 Å². The first-order valence-electron chi connectivity index (χ1n) is 5.34. The molecule has 0 saturated carbocycles. The summed E-state index contributed by atoms with van der Waals surface area (Å²) in [6.45, 7) is 1.89. The molecule has 0 aromatic carbocycles. The van der Waals surface area contributed by atoms with E-state index in [2.05, 4.69) is 15.4 Å². The van der Waals surface area contributed by atoms with E-state index in [4.69, 9.17) is 9.47 Å². The normalized spacial score (nSPS) is 12.9. The topological polar surface area (TPSA) is 61.2 Å². The second kappa shape index (κ2) is 7.32. The van der Waals surface area contributed by atoms with E-state index in [-0.39, 0.29) is 6.04 Å². The van der Waals surface area contributed by atoms with E-state index in [1.807, 2.05) is 14.1 Å². The molecule has 0 spiro atoms. The molecule has 1 atom stereocenters. The van der Waals surface area contributed by atoms with Gasteiger partial charge in [0.1, 0.15) is 12.2 Å². The lowest BCUT2D eigenvalue weighted by Crippen LogP contribution is -2.34. The number of hydrogen-bond donors (Lipinski definition) is 1. The molecule has 0 bridgehead atoms. The molecule has 1 aromatic rings. The van der Waals surface area contributed by atoms with Gasteiger partial charge in [0.25, 0.3) is 0 Å². The number of methoxy groups -OCH3 is 1. The summed E-state index contributed by atoms with van der Waals surface area (Å²) in [5.74, 6) is 0.953. The smallest absolute Gasteiger partial charge is 0.138 e. The second-order valence-electron chi connectivity index (χ2n) is 3.56. The maximum Gasteiger partial charge on any atom is 0.138 e. The molecule has 16 heavy (non-hydrogen) atoms. The highest BCUT2D eigenvalue weighted by Crippen LogP contribution is 1.98. The fourth-order valence-corrected chi connectivity index (χ4v) is 1.34. The molecular weight excluding hydrogens is 208 g/mol. The molecule has 1 aromatic heterocycles. The van der Waals surface area contributed by atoms with Crippen molar-refractivity contribution >= 4 is 0 Å². The number of nitrogens with one attached hydrogen (secondary N) is 1. The molecule has 1 N–H and O–H groups in total. The van der Waals surface area contributed by atoms with Gasteiger partial charge in [-0.05, 0) is 7.05 Å². The predicted octanol–water partition coefficient (Wildman–Crippen LogP) is -0.391. The van der Waals surface area contributed by atoms with Crippen LogP contribution in [0.1, 0.15) is 5.82 Å². The molecule has 1 unspecified atom stereocenters. The Morgan fingerprint density at radius 3 is 2.88 bits per heavy atom. The van der Waals surface area contributed by atoms with Crippen LogP contribution in [0.5, 0.6) is 0 Å². The molecule has 0 aliphatic heterocycles. The van der Waals surface area contributed by atoms with Crippen molar-refractivity contribution in [3.63, 3.8) is 0 Å². The largest absolute Gasteiger partial charge is 0.382 e. The molecule has 0 saturated heterocycles. The number of nitrogens with zero attached hydrogens (tertiary/aromatic N) is 3. The molecule has 0 aliphatic rings. The molecule has 0 fully saturated rings. The lowest BCUT2D eigenvalue weighted by molar-refractivity contribution is 0.0594. The minimum absolute atomic E-state index is 0.250. The lowest BCUT2D eigenvalue weighted by Gasteiger charge is -2.15. The highest BCUT2D eigenvalue weighted by atomic mass is 16.5. The van der Waals surface area contributed by atoms with Crippen LogP contribution in [0.2, 0.25) is 0 Å². The third kappa shape index (κ3) is 4.26. The van der Waals surface area contributed by atoms with Crippen LogP contribution in [0.3, 0.4) is 0 Å². The summed E-state index contributed by atoms with van der Waals surface area (Å²) in [5, 5.41) is 7.23. The van der Waals surface area contributed by atoms with Crippen molar-refractivity contribution in [3.05, 3.63) is 12.2 Å². The van der Waals surface area contributed by atoms with Crippen molar-refractivity contribution in [1.29, 1.82) is 0 Å². The van der Waals surface area contributed by atoms with Crippen molar-refractivity contribution in [1.82, 2.24) is 20.1 Å². The molecule has 1 heterocycles. The van der Waals surface area contributed by atoms with Gasteiger partial charge in [0.2, 0.25) is 0 Å². The quantitative estimate of drug-likeness (QED) is 0.614. The lowest BCUT2D eigenvalue weighted by atomic mass is 10.2. The number of ether oxygens (including phenoxy) is 2. The third-order valence-electron chi connectivity index (χ3n) is 2.39. The van der Waals surface area contributed by atoms with Crippen molar-refractivity contribution in [2.75, 3.05) is 34.0 Å². The van der Waals surface area contributed by atoms with Gasteiger partial charge >= 0.3 is 0 Å². The average Bonchev–Trinajstić information content (AvgIpc) is 2.68. The molecule has 0 radical (unpaired) electrons. The predicted molar refractivity (Wildman–Crippen MR) is 60.2 cm³/mol. The Balaban J connectivity index is 2.29.